The van der Waals surface area contributed by atoms with Crippen LogP contribution in [0.4, 0.5) is 13.2 Å². The van der Waals surface area contributed by atoms with E-state index in [4.69, 9.17) is 11.6 Å². The highest BCUT2D eigenvalue weighted by atomic mass is 35.5. The first-order chi connectivity index (χ1) is 9.49. The minimum atomic E-state index is -4.13. The molecule has 1 rings (SSSR count). The van der Waals surface area contributed by atoms with Crippen LogP contribution in [-0.2, 0) is 4.79 Å². The number of carbonyl (C=O) groups excluding carboxylic acids is 1. The predicted molar refractivity (Wildman–Crippen MR) is 78.2 cm³/mol. The van der Waals surface area contributed by atoms with Crippen LogP contribution in [0.15, 0.2) is 0 Å². The second kappa shape index (κ2) is 7.21. The molecule has 0 radical (unpaired) electrons. The van der Waals surface area contributed by atoms with Gasteiger partial charge in [0.25, 0.3) is 0 Å². The summed E-state index contributed by atoms with van der Waals surface area (Å²) in [4.78, 5) is 12.0. The summed E-state index contributed by atoms with van der Waals surface area (Å²) in [6.45, 7) is 6.59. The number of rotatable bonds is 4. The molecule has 1 aliphatic rings. The molecule has 0 spiro atoms. The molecule has 0 heterocycles. The van der Waals surface area contributed by atoms with Gasteiger partial charge >= 0.3 is 6.18 Å². The molecule has 1 fully saturated rings. The van der Waals surface area contributed by atoms with Gasteiger partial charge in [0.2, 0.25) is 5.91 Å². The second-order valence-electron chi connectivity index (χ2n) is 7.20. The molecular weight excluding hydrogens is 303 g/mol. The van der Waals surface area contributed by atoms with Crippen LogP contribution < -0.4 is 5.32 Å². The summed E-state index contributed by atoms with van der Waals surface area (Å²) in [6.07, 6.45) is -2.64. The van der Waals surface area contributed by atoms with Crippen molar-refractivity contribution in [2.45, 2.75) is 64.4 Å². The number of alkyl halides is 4. The number of nitrogens with one attached hydrogen (secondary N) is 1. The molecule has 6 heteroatoms. The van der Waals surface area contributed by atoms with Gasteiger partial charge < -0.3 is 5.32 Å². The highest BCUT2D eigenvalue weighted by molar-refractivity contribution is 6.20. The van der Waals surface area contributed by atoms with Crippen molar-refractivity contribution in [3.8, 4) is 0 Å². The molecule has 124 valence electrons. The predicted octanol–water partition coefficient (Wildman–Crippen LogP) is 4.51. The lowest BCUT2D eigenvalue weighted by atomic mass is 9.81. The van der Waals surface area contributed by atoms with Crippen LogP contribution in [0.2, 0.25) is 0 Å². The minimum Gasteiger partial charge on any atom is -0.354 e. The summed E-state index contributed by atoms with van der Waals surface area (Å²) in [7, 11) is 0. The fraction of sp³-hybridized carbons (Fsp3) is 0.933. The van der Waals surface area contributed by atoms with Crippen molar-refractivity contribution < 1.29 is 18.0 Å². The zero-order chi connectivity index (χ0) is 16.3. The van der Waals surface area contributed by atoms with E-state index in [1.54, 1.807) is 0 Å². The summed E-state index contributed by atoms with van der Waals surface area (Å²) in [5.41, 5.74) is 0.0852. The van der Waals surface area contributed by atoms with Crippen LogP contribution in [0.5, 0.6) is 0 Å². The first kappa shape index (κ1) is 18.6. The molecule has 0 aromatic carbocycles. The normalized spacial score (nSPS) is 25.5. The first-order valence-electron chi connectivity index (χ1n) is 7.47. The highest BCUT2D eigenvalue weighted by Gasteiger charge is 2.42. The molecule has 0 bridgehead atoms. The maximum atomic E-state index is 12.6. The van der Waals surface area contributed by atoms with Crippen molar-refractivity contribution in [2.24, 2.45) is 17.3 Å². The van der Waals surface area contributed by atoms with Gasteiger partial charge in [-0.15, -0.1) is 11.6 Å². The summed E-state index contributed by atoms with van der Waals surface area (Å²) >= 11 is 6.17. The Morgan fingerprint density at radius 1 is 1.19 bits per heavy atom. The van der Waals surface area contributed by atoms with E-state index in [-0.39, 0.29) is 35.5 Å². The molecule has 0 aromatic heterocycles. The third kappa shape index (κ3) is 6.90. The molecule has 1 atom stereocenters. The van der Waals surface area contributed by atoms with Gasteiger partial charge in [0.05, 0.1) is 11.3 Å². The quantitative estimate of drug-likeness (QED) is 0.756. The van der Waals surface area contributed by atoms with Crippen LogP contribution in [0, 0.1) is 17.3 Å². The van der Waals surface area contributed by atoms with Gasteiger partial charge in [0, 0.05) is 12.5 Å². The summed E-state index contributed by atoms with van der Waals surface area (Å²) in [5.74, 6) is -1.71. The maximum Gasteiger partial charge on any atom is 0.391 e. The molecule has 1 N–H and O–H groups in total. The molecule has 1 unspecified atom stereocenters. The largest absolute Gasteiger partial charge is 0.391 e. The number of carbonyl (C=O) groups is 1. The Morgan fingerprint density at radius 2 is 1.71 bits per heavy atom. The van der Waals surface area contributed by atoms with Crippen molar-refractivity contribution in [3.63, 3.8) is 0 Å². The summed E-state index contributed by atoms with van der Waals surface area (Å²) in [5, 5.41) is 2.62. The van der Waals surface area contributed by atoms with E-state index in [0.717, 1.165) is 6.42 Å². The van der Waals surface area contributed by atoms with Crippen molar-refractivity contribution >= 4 is 17.5 Å². The molecule has 21 heavy (non-hydrogen) atoms. The van der Waals surface area contributed by atoms with E-state index >= 15 is 0 Å². The third-order valence-electron chi connectivity index (χ3n) is 3.89. The average molecular weight is 328 g/mol. The van der Waals surface area contributed by atoms with Crippen molar-refractivity contribution in [1.29, 1.82) is 0 Å². The van der Waals surface area contributed by atoms with Crippen LogP contribution >= 0.6 is 11.6 Å². The lowest BCUT2D eigenvalue weighted by Gasteiger charge is -2.29. The topological polar surface area (TPSA) is 29.1 Å². The fourth-order valence-corrected chi connectivity index (χ4v) is 3.32. The van der Waals surface area contributed by atoms with E-state index in [9.17, 15) is 18.0 Å². The smallest absolute Gasteiger partial charge is 0.354 e. The zero-order valence-electron chi connectivity index (χ0n) is 12.9. The van der Waals surface area contributed by atoms with Crippen LogP contribution in [0.3, 0.4) is 0 Å². The van der Waals surface area contributed by atoms with Gasteiger partial charge in [-0.2, -0.15) is 13.2 Å². The molecular formula is C15H25ClF3NO. The van der Waals surface area contributed by atoms with Crippen LogP contribution in [0.1, 0.15) is 52.9 Å². The molecule has 0 saturated heterocycles. The van der Waals surface area contributed by atoms with Crippen molar-refractivity contribution in [1.82, 2.24) is 5.32 Å². The van der Waals surface area contributed by atoms with Crippen molar-refractivity contribution in [3.05, 3.63) is 0 Å². The number of amides is 1. The number of hydrogen-bond acceptors (Lipinski definition) is 1. The van der Waals surface area contributed by atoms with E-state index in [2.05, 4.69) is 26.1 Å². The molecule has 1 amide bonds. The number of hydrogen-bond donors (Lipinski definition) is 1. The Hall–Kier alpha value is -0.450. The van der Waals surface area contributed by atoms with E-state index in [1.165, 1.54) is 0 Å². The van der Waals surface area contributed by atoms with Gasteiger partial charge in [-0.05, 0) is 37.5 Å². The average Bonchev–Trinajstić information content (AvgIpc) is 2.33. The monoisotopic (exact) mass is 327 g/mol. The number of halogens is 4. The Morgan fingerprint density at radius 3 is 2.14 bits per heavy atom. The fourth-order valence-electron chi connectivity index (χ4n) is 2.78. The maximum absolute atomic E-state index is 12.6. The lowest BCUT2D eigenvalue weighted by molar-refractivity contribution is -0.184. The Kier molecular flexibility index (Phi) is 6.38. The summed E-state index contributed by atoms with van der Waals surface area (Å²) in [6, 6.07) is 0. The molecule has 0 aliphatic heterocycles. The molecule has 2 nitrogen and oxygen atoms in total. The van der Waals surface area contributed by atoms with Gasteiger partial charge in [-0.1, -0.05) is 20.8 Å². The second-order valence-corrected chi connectivity index (χ2v) is 7.81. The van der Waals surface area contributed by atoms with Gasteiger partial charge in [-0.25, -0.2) is 0 Å². The van der Waals surface area contributed by atoms with Crippen LogP contribution in [-0.4, -0.2) is 24.0 Å². The summed E-state index contributed by atoms with van der Waals surface area (Å²) < 4.78 is 37.7. The SMILES string of the molecule is CC(C)(C)CC(Cl)CNC(=O)C1CCC(C(F)(F)F)CC1. The molecule has 0 aromatic rings. The molecule has 1 saturated carbocycles. The highest BCUT2D eigenvalue weighted by Crippen LogP contribution is 2.39. The van der Waals surface area contributed by atoms with Gasteiger partial charge in [0.1, 0.15) is 0 Å². The zero-order valence-corrected chi connectivity index (χ0v) is 13.7. The molecule has 1 aliphatic carbocycles. The standard InChI is InChI=1S/C15H25ClF3NO/c1-14(2,3)8-12(16)9-20-13(21)10-4-6-11(7-5-10)15(17,18)19/h10-12H,4-9H2,1-3H3,(H,20,21). The van der Waals surface area contributed by atoms with Crippen molar-refractivity contribution in [2.75, 3.05) is 6.54 Å². The van der Waals surface area contributed by atoms with E-state index in [1.807, 2.05) is 0 Å². The Bertz CT molecular complexity index is 344. The van der Waals surface area contributed by atoms with Gasteiger partial charge in [-0.3, -0.25) is 4.79 Å². The first-order valence-corrected chi connectivity index (χ1v) is 7.91. The Balaban J connectivity index is 2.32. The third-order valence-corrected chi connectivity index (χ3v) is 4.20. The lowest BCUT2D eigenvalue weighted by Crippen LogP contribution is -2.38. The Labute approximate surface area is 129 Å². The van der Waals surface area contributed by atoms with E-state index in [0.29, 0.717) is 19.4 Å². The van der Waals surface area contributed by atoms with Gasteiger partial charge in [0.15, 0.2) is 0 Å². The minimum absolute atomic E-state index is 0.0495. The van der Waals surface area contributed by atoms with E-state index < -0.39 is 12.1 Å². The van der Waals surface area contributed by atoms with Crippen LogP contribution in [0.25, 0.3) is 0 Å².